The first kappa shape index (κ1) is 14.8. The zero-order valence-electron chi connectivity index (χ0n) is 12.2. The van der Waals surface area contributed by atoms with Crippen LogP contribution < -0.4 is 21.3 Å². The lowest BCUT2D eigenvalue weighted by molar-refractivity contribution is 0.294. The number of rotatable bonds is 7. The van der Waals surface area contributed by atoms with Crippen molar-refractivity contribution in [3.63, 3.8) is 0 Å². The maximum Gasteiger partial charge on any atom is 0.205 e. The number of hydrogen-bond acceptors (Lipinski definition) is 7. The van der Waals surface area contributed by atoms with E-state index in [9.17, 15) is 0 Å². The molecular formula is C13H24N6O. The average Bonchev–Trinajstić information content (AvgIpc) is 2.97. The molecule has 2 heterocycles. The van der Waals surface area contributed by atoms with E-state index in [1.54, 1.807) is 7.11 Å². The SMILES string of the molecule is COc1c(NN)ncnc1NCC(C)CN1CCCC1. The molecule has 1 aromatic rings. The third-order valence-electron chi connectivity index (χ3n) is 3.53. The second-order valence-electron chi connectivity index (χ2n) is 5.24. The van der Waals surface area contributed by atoms with Gasteiger partial charge in [-0.15, -0.1) is 0 Å². The highest BCUT2D eigenvalue weighted by Crippen LogP contribution is 2.28. The van der Waals surface area contributed by atoms with Crippen LogP contribution in [0.25, 0.3) is 0 Å². The lowest BCUT2D eigenvalue weighted by atomic mass is 10.1. The van der Waals surface area contributed by atoms with Crippen LogP contribution in [0.1, 0.15) is 19.8 Å². The van der Waals surface area contributed by atoms with Crippen LogP contribution in [0, 0.1) is 5.92 Å². The molecule has 2 rings (SSSR count). The van der Waals surface area contributed by atoms with E-state index in [0.29, 0.717) is 23.3 Å². The molecule has 20 heavy (non-hydrogen) atoms. The van der Waals surface area contributed by atoms with Crippen LogP contribution in [-0.4, -0.2) is 48.2 Å². The highest BCUT2D eigenvalue weighted by molar-refractivity contribution is 5.62. The predicted molar refractivity (Wildman–Crippen MR) is 79.7 cm³/mol. The monoisotopic (exact) mass is 280 g/mol. The highest BCUT2D eigenvalue weighted by atomic mass is 16.5. The molecule has 1 unspecified atom stereocenters. The fourth-order valence-corrected chi connectivity index (χ4v) is 2.54. The molecule has 0 aromatic carbocycles. The first-order valence-electron chi connectivity index (χ1n) is 7.06. The van der Waals surface area contributed by atoms with Gasteiger partial charge >= 0.3 is 0 Å². The molecule has 0 saturated carbocycles. The molecule has 1 aliphatic heterocycles. The third-order valence-corrected chi connectivity index (χ3v) is 3.53. The Bertz CT molecular complexity index is 421. The van der Waals surface area contributed by atoms with Crippen LogP contribution in [0.5, 0.6) is 5.75 Å². The Kier molecular flexibility index (Phi) is 5.37. The molecule has 0 bridgehead atoms. The zero-order valence-corrected chi connectivity index (χ0v) is 12.2. The Morgan fingerprint density at radius 2 is 2.05 bits per heavy atom. The molecule has 1 fully saturated rings. The number of anilines is 2. The van der Waals surface area contributed by atoms with Crippen molar-refractivity contribution in [2.45, 2.75) is 19.8 Å². The van der Waals surface area contributed by atoms with Crippen LogP contribution >= 0.6 is 0 Å². The van der Waals surface area contributed by atoms with Gasteiger partial charge in [0.2, 0.25) is 5.75 Å². The molecule has 0 spiro atoms. The number of aromatic nitrogens is 2. The summed E-state index contributed by atoms with van der Waals surface area (Å²) < 4.78 is 5.29. The third kappa shape index (κ3) is 3.71. The van der Waals surface area contributed by atoms with Crippen molar-refractivity contribution < 1.29 is 4.74 Å². The average molecular weight is 280 g/mol. The second-order valence-corrected chi connectivity index (χ2v) is 5.24. The van der Waals surface area contributed by atoms with Gasteiger partial charge in [0.25, 0.3) is 0 Å². The molecule has 112 valence electrons. The van der Waals surface area contributed by atoms with Gasteiger partial charge in [0.05, 0.1) is 7.11 Å². The molecule has 7 nitrogen and oxygen atoms in total. The summed E-state index contributed by atoms with van der Waals surface area (Å²) >= 11 is 0. The van der Waals surface area contributed by atoms with Crippen molar-refractivity contribution in [3.8, 4) is 5.75 Å². The molecule has 0 radical (unpaired) electrons. The van der Waals surface area contributed by atoms with Gasteiger partial charge in [-0.25, -0.2) is 15.8 Å². The van der Waals surface area contributed by atoms with E-state index in [-0.39, 0.29) is 0 Å². The number of hydrogen-bond donors (Lipinski definition) is 3. The quantitative estimate of drug-likeness (QED) is 0.505. The number of hydrazine groups is 1. The predicted octanol–water partition coefficient (Wildman–Crippen LogP) is 0.915. The Morgan fingerprint density at radius 3 is 2.70 bits per heavy atom. The van der Waals surface area contributed by atoms with E-state index in [4.69, 9.17) is 10.6 Å². The summed E-state index contributed by atoms with van der Waals surface area (Å²) in [5.41, 5.74) is 2.51. The number of likely N-dealkylation sites (tertiary alicyclic amines) is 1. The fraction of sp³-hybridized carbons (Fsp3) is 0.692. The standard InChI is InChI=1S/C13H24N6O/c1-10(8-19-5-3-4-6-19)7-15-12-11(20-2)13(18-14)17-9-16-12/h9-10H,3-8,14H2,1-2H3,(H2,15,16,17,18). The smallest absolute Gasteiger partial charge is 0.205 e. The van der Waals surface area contributed by atoms with Gasteiger partial charge in [-0.05, 0) is 31.8 Å². The van der Waals surface area contributed by atoms with Gasteiger partial charge in [0.1, 0.15) is 6.33 Å². The first-order valence-corrected chi connectivity index (χ1v) is 7.06. The van der Waals surface area contributed by atoms with Crippen molar-refractivity contribution in [2.24, 2.45) is 11.8 Å². The van der Waals surface area contributed by atoms with Crippen LogP contribution in [0.15, 0.2) is 6.33 Å². The van der Waals surface area contributed by atoms with Gasteiger partial charge in [-0.2, -0.15) is 0 Å². The van der Waals surface area contributed by atoms with Crippen LogP contribution in [0.2, 0.25) is 0 Å². The Morgan fingerprint density at radius 1 is 1.35 bits per heavy atom. The van der Waals surface area contributed by atoms with Crippen molar-refractivity contribution >= 4 is 11.6 Å². The van der Waals surface area contributed by atoms with Crippen LogP contribution in [0.3, 0.4) is 0 Å². The van der Waals surface area contributed by atoms with Gasteiger partial charge in [0.15, 0.2) is 11.6 Å². The number of nitrogens with one attached hydrogen (secondary N) is 2. The number of methoxy groups -OCH3 is 1. The van der Waals surface area contributed by atoms with E-state index in [0.717, 1.165) is 13.1 Å². The lowest BCUT2D eigenvalue weighted by Crippen LogP contribution is -2.29. The summed E-state index contributed by atoms with van der Waals surface area (Å²) in [6, 6.07) is 0. The summed E-state index contributed by atoms with van der Waals surface area (Å²) in [4.78, 5) is 10.7. The van der Waals surface area contributed by atoms with E-state index in [1.807, 2.05) is 0 Å². The maximum absolute atomic E-state index is 5.41. The molecular weight excluding hydrogens is 256 g/mol. The summed E-state index contributed by atoms with van der Waals surface area (Å²) in [7, 11) is 1.58. The number of nitrogen functional groups attached to an aromatic ring is 1. The summed E-state index contributed by atoms with van der Waals surface area (Å²) in [6.07, 6.45) is 4.11. The molecule has 0 aliphatic carbocycles. The van der Waals surface area contributed by atoms with Crippen molar-refractivity contribution in [1.29, 1.82) is 0 Å². The van der Waals surface area contributed by atoms with Gasteiger partial charge in [0, 0.05) is 13.1 Å². The minimum atomic E-state index is 0.484. The molecule has 0 amide bonds. The van der Waals surface area contributed by atoms with Crippen molar-refractivity contribution in [2.75, 3.05) is 44.0 Å². The highest BCUT2D eigenvalue weighted by Gasteiger charge is 2.16. The van der Waals surface area contributed by atoms with E-state index in [1.165, 1.54) is 32.3 Å². The van der Waals surface area contributed by atoms with E-state index in [2.05, 4.69) is 32.5 Å². The molecule has 1 aliphatic rings. The molecule has 4 N–H and O–H groups in total. The second kappa shape index (κ2) is 7.25. The first-order chi connectivity index (χ1) is 9.74. The topological polar surface area (TPSA) is 88.3 Å². The lowest BCUT2D eigenvalue weighted by Gasteiger charge is -2.21. The molecule has 7 heteroatoms. The van der Waals surface area contributed by atoms with Crippen molar-refractivity contribution in [1.82, 2.24) is 14.9 Å². The van der Waals surface area contributed by atoms with E-state index < -0.39 is 0 Å². The van der Waals surface area contributed by atoms with Crippen LogP contribution in [0.4, 0.5) is 11.6 Å². The minimum absolute atomic E-state index is 0.484. The Balaban J connectivity index is 1.89. The normalized spacial score (nSPS) is 16.9. The molecule has 1 aromatic heterocycles. The van der Waals surface area contributed by atoms with Crippen LogP contribution in [-0.2, 0) is 0 Å². The van der Waals surface area contributed by atoms with Gasteiger partial charge in [-0.3, -0.25) is 0 Å². The molecule has 1 saturated heterocycles. The minimum Gasteiger partial charge on any atom is -0.490 e. The largest absolute Gasteiger partial charge is 0.490 e. The number of ether oxygens (including phenoxy) is 1. The maximum atomic E-state index is 5.41. The van der Waals surface area contributed by atoms with Crippen molar-refractivity contribution in [3.05, 3.63) is 6.33 Å². The summed E-state index contributed by atoms with van der Waals surface area (Å²) in [6.45, 7) is 6.64. The fourth-order valence-electron chi connectivity index (χ4n) is 2.54. The number of nitrogens with two attached hydrogens (primary N) is 1. The summed E-state index contributed by atoms with van der Waals surface area (Å²) in [5.74, 6) is 7.65. The van der Waals surface area contributed by atoms with Gasteiger partial charge in [-0.1, -0.05) is 6.92 Å². The summed E-state index contributed by atoms with van der Waals surface area (Å²) in [5, 5.41) is 3.31. The Hall–Kier alpha value is -1.60. The van der Waals surface area contributed by atoms with E-state index >= 15 is 0 Å². The Labute approximate surface area is 119 Å². The number of nitrogens with zero attached hydrogens (tertiary/aromatic N) is 3. The van der Waals surface area contributed by atoms with Gasteiger partial charge < -0.3 is 20.4 Å². The zero-order chi connectivity index (χ0) is 14.4. The molecule has 1 atom stereocenters.